The number of aryl methyl sites for hydroxylation is 3. The lowest BCUT2D eigenvalue weighted by molar-refractivity contribution is -0.151. The van der Waals surface area contributed by atoms with Gasteiger partial charge in [-0.2, -0.15) is 0 Å². The van der Waals surface area contributed by atoms with Crippen molar-refractivity contribution in [2.45, 2.75) is 120 Å². The van der Waals surface area contributed by atoms with Gasteiger partial charge in [0.25, 0.3) is 5.56 Å². The SMILES string of the molecule is CCC(C)C(=Nc1cc(CNC(C(=O)OC(C)C)C(C)C)ccc1C)c1cc(C)c(=O)n(C)c1.CCCCCC. The summed E-state index contributed by atoms with van der Waals surface area (Å²) in [5.74, 6) is 0.118. The predicted molar refractivity (Wildman–Crippen MR) is 170 cm³/mol. The van der Waals surface area contributed by atoms with E-state index in [1.54, 1.807) is 11.6 Å². The number of ether oxygens (including phenoxy) is 1. The highest BCUT2D eigenvalue weighted by atomic mass is 16.5. The van der Waals surface area contributed by atoms with E-state index < -0.39 is 0 Å². The summed E-state index contributed by atoms with van der Waals surface area (Å²) in [6.45, 7) is 20.9. The Morgan fingerprint density at radius 1 is 0.975 bits per heavy atom. The van der Waals surface area contributed by atoms with Crippen molar-refractivity contribution in [3.05, 3.63) is 63.1 Å². The number of unbranched alkanes of at least 4 members (excludes halogenated alkanes) is 3. The van der Waals surface area contributed by atoms with Gasteiger partial charge in [0.1, 0.15) is 6.04 Å². The van der Waals surface area contributed by atoms with E-state index >= 15 is 0 Å². The number of rotatable bonds is 13. The molecule has 2 rings (SSSR count). The predicted octanol–water partition coefficient (Wildman–Crippen LogP) is 7.82. The fraction of sp³-hybridized carbons (Fsp3) is 0.618. The Bertz CT molecular complexity index is 1120. The van der Waals surface area contributed by atoms with Gasteiger partial charge in [-0.3, -0.25) is 14.6 Å². The molecular formula is C34H55N3O3. The minimum absolute atomic E-state index is 0.00667. The second kappa shape index (κ2) is 17.9. The largest absolute Gasteiger partial charge is 0.462 e. The van der Waals surface area contributed by atoms with Crippen LogP contribution >= 0.6 is 0 Å². The van der Waals surface area contributed by atoms with E-state index in [-0.39, 0.29) is 35.5 Å². The number of carbonyl (C=O) groups is 1. The third-order valence-electron chi connectivity index (χ3n) is 7.01. The molecule has 224 valence electrons. The Labute approximate surface area is 243 Å². The lowest BCUT2D eigenvalue weighted by Gasteiger charge is -2.22. The van der Waals surface area contributed by atoms with E-state index in [4.69, 9.17) is 9.73 Å². The van der Waals surface area contributed by atoms with Crippen LogP contribution in [0.25, 0.3) is 0 Å². The summed E-state index contributed by atoms with van der Waals surface area (Å²) in [5.41, 5.74) is 5.67. The van der Waals surface area contributed by atoms with E-state index in [1.807, 2.05) is 53.8 Å². The highest BCUT2D eigenvalue weighted by molar-refractivity contribution is 6.03. The van der Waals surface area contributed by atoms with Gasteiger partial charge in [0.2, 0.25) is 0 Å². The van der Waals surface area contributed by atoms with Gasteiger partial charge in [0, 0.05) is 30.9 Å². The minimum atomic E-state index is -0.375. The van der Waals surface area contributed by atoms with Gasteiger partial charge < -0.3 is 14.6 Å². The van der Waals surface area contributed by atoms with Crippen molar-refractivity contribution in [1.29, 1.82) is 0 Å². The van der Waals surface area contributed by atoms with Crippen LogP contribution in [0.15, 0.2) is 40.2 Å². The Kier molecular flexibility index (Phi) is 15.8. The molecule has 0 fully saturated rings. The van der Waals surface area contributed by atoms with Gasteiger partial charge in [-0.15, -0.1) is 0 Å². The topological polar surface area (TPSA) is 72.7 Å². The van der Waals surface area contributed by atoms with Crippen molar-refractivity contribution < 1.29 is 9.53 Å². The highest BCUT2D eigenvalue weighted by Gasteiger charge is 2.24. The van der Waals surface area contributed by atoms with Crippen molar-refractivity contribution in [1.82, 2.24) is 9.88 Å². The molecule has 1 aromatic heterocycles. The standard InChI is InChI=1S/C28H41N3O3.C6H14/c1-10-19(6)26(23-13-21(8)27(32)31(9)16-23)30-24-14-22(12-11-20(24)7)15-29-25(17(2)3)28(33)34-18(4)5;1-3-5-6-4-2/h11-14,16-19,25,29H,10,15H2,1-9H3;3-6H2,1-2H3. The van der Waals surface area contributed by atoms with Crippen molar-refractivity contribution in [2.75, 3.05) is 0 Å². The molecule has 0 bridgehead atoms. The van der Waals surface area contributed by atoms with Crippen molar-refractivity contribution in [3.63, 3.8) is 0 Å². The maximum atomic E-state index is 12.5. The quantitative estimate of drug-likeness (QED) is 0.156. The van der Waals surface area contributed by atoms with E-state index in [2.05, 4.69) is 51.2 Å². The van der Waals surface area contributed by atoms with Crippen LogP contribution in [0.4, 0.5) is 5.69 Å². The Hall–Kier alpha value is -2.73. The summed E-state index contributed by atoms with van der Waals surface area (Å²) in [6, 6.07) is 7.75. The van der Waals surface area contributed by atoms with Gasteiger partial charge in [-0.05, 0) is 69.2 Å². The van der Waals surface area contributed by atoms with E-state index in [1.165, 1.54) is 25.7 Å². The van der Waals surface area contributed by atoms with E-state index in [9.17, 15) is 9.59 Å². The van der Waals surface area contributed by atoms with Crippen molar-refractivity contribution in [2.24, 2.45) is 23.9 Å². The first-order chi connectivity index (χ1) is 18.9. The zero-order valence-corrected chi connectivity index (χ0v) is 27.1. The summed E-state index contributed by atoms with van der Waals surface area (Å²) in [6.07, 6.45) is 8.20. The number of nitrogens with one attached hydrogen (secondary N) is 1. The first-order valence-electron chi connectivity index (χ1n) is 15.2. The molecule has 0 saturated heterocycles. The zero-order valence-electron chi connectivity index (χ0n) is 27.1. The average molecular weight is 554 g/mol. The van der Waals surface area contributed by atoms with Gasteiger partial charge in [0.15, 0.2) is 0 Å². The third kappa shape index (κ3) is 11.4. The molecule has 6 nitrogen and oxygen atoms in total. The number of pyridine rings is 1. The van der Waals surface area contributed by atoms with Gasteiger partial charge in [-0.25, -0.2) is 0 Å². The maximum Gasteiger partial charge on any atom is 0.323 e. The van der Waals surface area contributed by atoms with Crippen LogP contribution in [0.5, 0.6) is 0 Å². The lowest BCUT2D eigenvalue weighted by atomic mass is 9.96. The van der Waals surface area contributed by atoms with Crippen molar-refractivity contribution in [3.8, 4) is 0 Å². The number of hydrogen-bond acceptors (Lipinski definition) is 5. The van der Waals surface area contributed by atoms with Crippen molar-refractivity contribution >= 4 is 17.4 Å². The second-order valence-corrected chi connectivity index (χ2v) is 11.6. The molecule has 0 radical (unpaired) electrons. The summed E-state index contributed by atoms with van der Waals surface area (Å²) >= 11 is 0. The number of aliphatic imine (C=N–C) groups is 1. The second-order valence-electron chi connectivity index (χ2n) is 11.6. The molecule has 2 unspecified atom stereocenters. The van der Waals surface area contributed by atoms with Crippen LogP contribution in [0.1, 0.15) is 110 Å². The average Bonchev–Trinajstić information content (AvgIpc) is 2.89. The number of esters is 1. The summed E-state index contributed by atoms with van der Waals surface area (Å²) in [5, 5.41) is 3.37. The molecule has 40 heavy (non-hydrogen) atoms. The smallest absolute Gasteiger partial charge is 0.323 e. The number of benzene rings is 1. The zero-order chi connectivity index (χ0) is 30.4. The van der Waals surface area contributed by atoms with E-state index in [0.717, 1.165) is 34.5 Å². The highest BCUT2D eigenvalue weighted by Crippen LogP contribution is 2.25. The Balaban J connectivity index is 0.00000120. The minimum Gasteiger partial charge on any atom is -0.462 e. The molecule has 6 heteroatoms. The van der Waals surface area contributed by atoms with Crippen LogP contribution in [-0.2, 0) is 23.1 Å². The molecule has 0 saturated carbocycles. The molecule has 2 atom stereocenters. The number of nitrogens with zero attached hydrogens (tertiary/aromatic N) is 2. The maximum absolute atomic E-state index is 12.5. The number of carbonyl (C=O) groups excluding carboxylic acids is 1. The molecule has 0 aliphatic heterocycles. The summed E-state index contributed by atoms with van der Waals surface area (Å²) in [4.78, 5) is 29.8. The Morgan fingerprint density at radius 3 is 2.10 bits per heavy atom. The normalized spacial score (nSPS) is 13.2. The van der Waals surface area contributed by atoms with Crippen LogP contribution < -0.4 is 10.9 Å². The van der Waals surface area contributed by atoms with E-state index in [0.29, 0.717) is 12.1 Å². The van der Waals surface area contributed by atoms with Crippen LogP contribution in [-0.4, -0.2) is 28.4 Å². The van der Waals surface area contributed by atoms with Gasteiger partial charge in [-0.1, -0.05) is 79.4 Å². The van der Waals surface area contributed by atoms with Gasteiger partial charge in [0.05, 0.1) is 17.5 Å². The number of hydrogen-bond donors (Lipinski definition) is 1. The number of aromatic nitrogens is 1. The third-order valence-corrected chi connectivity index (χ3v) is 7.01. The first-order valence-corrected chi connectivity index (χ1v) is 15.2. The molecule has 0 spiro atoms. The molecule has 0 aliphatic rings. The van der Waals surface area contributed by atoms with Crippen LogP contribution in [0, 0.1) is 25.7 Å². The molecule has 1 heterocycles. The summed E-state index contributed by atoms with van der Waals surface area (Å²) < 4.78 is 7.05. The van der Waals surface area contributed by atoms with Crippen LogP contribution in [0.3, 0.4) is 0 Å². The first kappa shape index (κ1) is 35.3. The van der Waals surface area contributed by atoms with Crippen LogP contribution in [0.2, 0.25) is 0 Å². The molecule has 2 aromatic rings. The lowest BCUT2D eigenvalue weighted by Crippen LogP contribution is -2.42. The molecule has 0 amide bonds. The molecular weight excluding hydrogens is 498 g/mol. The Morgan fingerprint density at radius 2 is 1.60 bits per heavy atom. The fourth-order valence-corrected chi connectivity index (χ4v) is 4.31. The molecule has 1 aromatic carbocycles. The van der Waals surface area contributed by atoms with Gasteiger partial charge >= 0.3 is 5.97 Å². The fourth-order valence-electron chi connectivity index (χ4n) is 4.31. The summed E-state index contributed by atoms with van der Waals surface area (Å²) in [7, 11) is 1.78. The molecule has 1 N–H and O–H groups in total. The molecule has 0 aliphatic carbocycles. The monoisotopic (exact) mass is 553 g/mol.